The van der Waals surface area contributed by atoms with Crippen LogP contribution < -0.4 is 10.9 Å². The maximum atomic E-state index is 12.8. The number of carbonyl (C=O) groups is 4. The van der Waals surface area contributed by atoms with Crippen molar-refractivity contribution in [3.63, 3.8) is 0 Å². The van der Waals surface area contributed by atoms with Gasteiger partial charge in [0.1, 0.15) is 23.8 Å². The zero-order valence-corrected chi connectivity index (χ0v) is 18.1. The summed E-state index contributed by atoms with van der Waals surface area (Å²) in [5.74, 6) is -3.85. The molecule has 4 rings (SSSR count). The van der Waals surface area contributed by atoms with E-state index in [2.05, 4.69) is 5.32 Å². The molecule has 166 valence electrons. The Morgan fingerprint density at radius 3 is 2.75 bits per heavy atom. The van der Waals surface area contributed by atoms with Crippen LogP contribution in [0.25, 0.3) is 11.0 Å². The first-order chi connectivity index (χ1) is 15.2. The number of ether oxygens (including phenoxy) is 1. The van der Waals surface area contributed by atoms with E-state index in [1.807, 2.05) is 0 Å². The summed E-state index contributed by atoms with van der Waals surface area (Å²) in [6.07, 6.45) is 0. The predicted octanol–water partition coefficient (Wildman–Crippen LogP) is 1.80. The lowest BCUT2D eigenvalue weighted by atomic mass is 9.71. The Balaban J connectivity index is 1.57. The molecule has 3 unspecified atom stereocenters. The molecule has 0 spiro atoms. The summed E-state index contributed by atoms with van der Waals surface area (Å²) in [6, 6.07) is 5.05. The van der Waals surface area contributed by atoms with Gasteiger partial charge in [0.05, 0.1) is 16.5 Å². The Labute approximate surface area is 189 Å². The Kier molecular flexibility index (Phi) is 5.83. The number of ketones is 1. The molecule has 0 radical (unpaired) electrons. The van der Waals surface area contributed by atoms with E-state index in [-0.39, 0.29) is 29.1 Å². The maximum Gasteiger partial charge on any atom is 0.349 e. The van der Waals surface area contributed by atoms with Crippen LogP contribution in [0.2, 0.25) is 5.02 Å². The van der Waals surface area contributed by atoms with Crippen molar-refractivity contribution in [1.29, 1.82) is 0 Å². The summed E-state index contributed by atoms with van der Waals surface area (Å²) >= 11 is 7.39. The van der Waals surface area contributed by atoms with E-state index in [4.69, 9.17) is 20.8 Å². The van der Waals surface area contributed by atoms with Crippen molar-refractivity contribution in [3.8, 4) is 0 Å². The first-order valence-corrected chi connectivity index (χ1v) is 10.9. The number of esters is 1. The number of carbonyl (C=O) groups excluding carboxylic acids is 3. The molecule has 0 saturated heterocycles. The molecule has 0 bridgehead atoms. The number of benzene rings is 1. The molecule has 3 atom stereocenters. The van der Waals surface area contributed by atoms with E-state index in [0.29, 0.717) is 16.0 Å². The molecule has 9 nitrogen and oxygen atoms in total. The van der Waals surface area contributed by atoms with Crippen LogP contribution in [0.4, 0.5) is 0 Å². The molecule has 32 heavy (non-hydrogen) atoms. The highest BCUT2D eigenvalue weighted by molar-refractivity contribution is 8.00. The number of fused-ring (bicyclic) bond motifs is 2. The maximum absolute atomic E-state index is 12.8. The number of hydrogen-bond acceptors (Lipinski definition) is 8. The summed E-state index contributed by atoms with van der Waals surface area (Å²) in [5.41, 5.74) is -0.735. The van der Waals surface area contributed by atoms with E-state index in [1.165, 1.54) is 30.8 Å². The molecule has 2 N–H and O–H groups in total. The van der Waals surface area contributed by atoms with Crippen LogP contribution in [0.1, 0.15) is 17.3 Å². The fourth-order valence-corrected chi connectivity index (χ4v) is 5.52. The fraction of sp³-hybridized carbons (Fsp3) is 0.286. The van der Waals surface area contributed by atoms with Crippen molar-refractivity contribution in [2.45, 2.75) is 18.2 Å². The summed E-state index contributed by atoms with van der Waals surface area (Å²) in [6.45, 7) is 0.993. The molecule has 1 amide bonds. The first kappa shape index (κ1) is 22.1. The third-order valence-corrected chi connectivity index (χ3v) is 7.12. The van der Waals surface area contributed by atoms with Gasteiger partial charge in [-0.15, -0.1) is 0 Å². The second-order valence-electron chi connectivity index (χ2n) is 7.31. The van der Waals surface area contributed by atoms with Gasteiger partial charge in [0.25, 0.3) is 5.91 Å². The van der Waals surface area contributed by atoms with Gasteiger partial charge in [-0.25, -0.2) is 9.59 Å². The zero-order valence-electron chi connectivity index (χ0n) is 16.5. The van der Waals surface area contributed by atoms with E-state index in [0.717, 1.165) is 0 Å². The van der Waals surface area contributed by atoms with Gasteiger partial charge < -0.3 is 19.6 Å². The third-order valence-electron chi connectivity index (χ3n) is 5.35. The van der Waals surface area contributed by atoms with Crippen LogP contribution in [0.5, 0.6) is 0 Å². The van der Waals surface area contributed by atoms with Crippen molar-refractivity contribution in [3.05, 3.63) is 56.4 Å². The number of nitrogens with one attached hydrogen (secondary N) is 1. The van der Waals surface area contributed by atoms with Gasteiger partial charge in [-0.3, -0.25) is 14.4 Å². The van der Waals surface area contributed by atoms with Crippen molar-refractivity contribution >= 4 is 58.0 Å². The Morgan fingerprint density at radius 2 is 2.06 bits per heavy atom. The van der Waals surface area contributed by atoms with Crippen molar-refractivity contribution in [2.24, 2.45) is 5.92 Å². The van der Waals surface area contributed by atoms with Gasteiger partial charge in [-0.05, 0) is 23.8 Å². The highest BCUT2D eigenvalue weighted by atomic mass is 35.5. The minimum atomic E-state index is -1.27. The van der Waals surface area contributed by atoms with Crippen LogP contribution in [0.15, 0.2) is 44.6 Å². The number of rotatable bonds is 5. The minimum absolute atomic E-state index is 0.109. The normalized spacial score (nSPS) is 22.2. The molecule has 1 saturated carbocycles. The summed E-state index contributed by atoms with van der Waals surface area (Å²) in [5, 5.41) is 12.3. The fourth-order valence-electron chi connectivity index (χ4n) is 3.81. The third kappa shape index (κ3) is 3.80. The standard InChI is InChI=1S/C21H16ClNO8S/c1-8(24)30-6-9-7-32-18-15(14(9)20(27)28)17(25)16(18)23-19(26)11-5-10-12(22)3-2-4-13(10)31-21(11)29/h2-5,15-16,18H,6-7H2,1H3,(H,23,26)(H,27,28). The van der Waals surface area contributed by atoms with Crippen molar-refractivity contribution in [2.75, 3.05) is 12.4 Å². The molecular weight excluding hydrogens is 462 g/mol. The van der Waals surface area contributed by atoms with Crippen LogP contribution in [-0.2, 0) is 19.1 Å². The lowest BCUT2D eigenvalue weighted by Gasteiger charge is -2.46. The Hall–Kier alpha value is -3.11. The predicted molar refractivity (Wildman–Crippen MR) is 115 cm³/mol. The van der Waals surface area contributed by atoms with E-state index in [1.54, 1.807) is 12.1 Å². The summed E-state index contributed by atoms with van der Waals surface area (Å²) < 4.78 is 10.1. The second kappa shape index (κ2) is 8.44. The number of carboxylic acid groups (broad SMARTS) is 1. The number of carboxylic acids is 1. The molecule has 2 aromatic rings. The molecule has 2 heterocycles. The van der Waals surface area contributed by atoms with Gasteiger partial charge in [0.15, 0.2) is 5.78 Å². The minimum Gasteiger partial charge on any atom is -0.478 e. The number of halogens is 1. The quantitative estimate of drug-likeness (QED) is 0.487. The smallest absolute Gasteiger partial charge is 0.349 e. The molecule has 1 aromatic heterocycles. The monoisotopic (exact) mass is 477 g/mol. The first-order valence-electron chi connectivity index (χ1n) is 9.46. The topological polar surface area (TPSA) is 140 Å². The average Bonchev–Trinajstić information content (AvgIpc) is 2.74. The largest absolute Gasteiger partial charge is 0.478 e. The Morgan fingerprint density at radius 1 is 1.31 bits per heavy atom. The Bertz CT molecular complexity index is 1270. The zero-order chi connectivity index (χ0) is 23.2. The molecular formula is C21H16ClNO8S. The molecule has 1 fully saturated rings. The highest BCUT2D eigenvalue weighted by Crippen LogP contribution is 2.45. The van der Waals surface area contributed by atoms with Crippen LogP contribution in [0, 0.1) is 5.92 Å². The summed E-state index contributed by atoms with van der Waals surface area (Å²) in [7, 11) is 0. The van der Waals surface area contributed by atoms with Crippen LogP contribution in [-0.4, -0.2) is 52.4 Å². The lowest BCUT2D eigenvalue weighted by molar-refractivity contribution is -0.141. The van der Waals surface area contributed by atoms with Gasteiger partial charge in [0, 0.05) is 23.3 Å². The lowest BCUT2D eigenvalue weighted by Crippen LogP contribution is -2.65. The van der Waals surface area contributed by atoms with E-state index >= 15 is 0 Å². The summed E-state index contributed by atoms with van der Waals surface area (Å²) in [4.78, 5) is 60.6. The van der Waals surface area contributed by atoms with Gasteiger partial charge in [-0.1, -0.05) is 17.7 Å². The van der Waals surface area contributed by atoms with E-state index in [9.17, 15) is 29.1 Å². The van der Waals surface area contributed by atoms with Crippen LogP contribution >= 0.6 is 23.4 Å². The van der Waals surface area contributed by atoms with E-state index < -0.39 is 46.5 Å². The van der Waals surface area contributed by atoms with Gasteiger partial charge in [0.2, 0.25) is 0 Å². The SMILES string of the molecule is CC(=O)OCC1=C(C(=O)O)C2C(=O)C(NC(=O)c3cc4c(Cl)cccc4oc3=O)C2SC1. The van der Waals surface area contributed by atoms with Crippen LogP contribution in [0.3, 0.4) is 0 Å². The van der Waals surface area contributed by atoms with Gasteiger partial charge >= 0.3 is 17.6 Å². The van der Waals surface area contributed by atoms with Crippen molar-refractivity contribution in [1.82, 2.24) is 5.32 Å². The van der Waals surface area contributed by atoms with Gasteiger partial charge in [-0.2, -0.15) is 11.8 Å². The number of hydrogen-bond donors (Lipinski definition) is 2. The average molecular weight is 478 g/mol. The molecule has 1 aliphatic carbocycles. The number of aliphatic carboxylic acids is 1. The number of thioether (sulfide) groups is 1. The van der Waals surface area contributed by atoms with Crippen molar-refractivity contribution < 1.29 is 33.4 Å². The number of Topliss-reactive ketones (excluding diaryl/α,β-unsaturated/α-hetero) is 1. The number of amides is 1. The molecule has 1 aromatic carbocycles. The molecule has 11 heteroatoms. The molecule has 2 aliphatic rings. The molecule has 1 aliphatic heterocycles. The second-order valence-corrected chi connectivity index (χ2v) is 8.88. The highest BCUT2D eigenvalue weighted by Gasteiger charge is 2.56.